The first-order valence-electron chi connectivity index (χ1n) is 26.5. The minimum absolute atomic E-state index is 0.0529. The van der Waals surface area contributed by atoms with Crippen molar-refractivity contribution < 1.29 is 0 Å². The topological polar surface area (TPSA) is 3.24 Å². The Morgan fingerprint density at radius 2 is 0.868 bits per heavy atom. The second-order valence-electron chi connectivity index (χ2n) is 22.9. The first-order valence-corrected chi connectivity index (χ1v) is 26.5. The van der Waals surface area contributed by atoms with Crippen molar-refractivity contribution >= 4 is 17.1 Å². The molecule has 0 radical (unpaired) electrons. The largest absolute Gasteiger partial charge is 0.310 e. The molecule has 10 rings (SSSR count). The second-order valence-corrected chi connectivity index (χ2v) is 22.9. The lowest BCUT2D eigenvalue weighted by molar-refractivity contribution is 0.350. The molecule has 2 fully saturated rings. The van der Waals surface area contributed by atoms with Crippen LogP contribution in [-0.4, -0.2) is 0 Å². The van der Waals surface area contributed by atoms with Gasteiger partial charge < -0.3 is 4.90 Å². The van der Waals surface area contributed by atoms with Crippen molar-refractivity contribution in [2.75, 3.05) is 4.90 Å². The lowest BCUT2D eigenvalue weighted by Gasteiger charge is -2.36. The Labute approximate surface area is 410 Å². The average Bonchev–Trinajstić information content (AvgIpc) is 3.65. The molecule has 2 saturated carbocycles. The Hall–Kier alpha value is -5.66. The van der Waals surface area contributed by atoms with Crippen molar-refractivity contribution in [1.29, 1.82) is 0 Å². The monoisotopic (exact) mass is 894 g/mol. The molecule has 1 nitrogen and oxygen atoms in total. The van der Waals surface area contributed by atoms with Crippen LogP contribution in [0.15, 0.2) is 164 Å². The molecule has 3 aliphatic carbocycles. The van der Waals surface area contributed by atoms with E-state index in [1.165, 1.54) is 161 Å². The van der Waals surface area contributed by atoms with Gasteiger partial charge in [0.1, 0.15) is 0 Å². The number of hydrogen-bond donors (Lipinski definition) is 0. The molecule has 1 heteroatoms. The predicted molar refractivity (Wildman–Crippen MR) is 291 cm³/mol. The van der Waals surface area contributed by atoms with Crippen molar-refractivity contribution in [2.45, 2.75) is 154 Å². The van der Waals surface area contributed by atoms with Gasteiger partial charge in [0, 0.05) is 17.1 Å². The van der Waals surface area contributed by atoms with E-state index in [1.807, 2.05) is 0 Å². The molecular weight excluding hydrogens is 819 g/mol. The van der Waals surface area contributed by atoms with Gasteiger partial charge in [-0.3, -0.25) is 0 Å². The zero-order valence-corrected chi connectivity index (χ0v) is 42.3. The number of anilines is 3. The molecule has 0 heterocycles. The maximum Gasteiger partial charge on any atom is 0.0714 e. The lowest BCUT2D eigenvalue weighted by Crippen LogP contribution is -2.29. The van der Waals surface area contributed by atoms with E-state index in [-0.39, 0.29) is 10.8 Å². The smallest absolute Gasteiger partial charge is 0.0714 e. The van der Waals surface area contributed by atoms with Crippen molar-refractivity contribution in [2.24, 2.45) is 5.92 Å². The molecule has 0 amide bonds. The Kier molecular flexibility index (Phi) is 12.9. The predicted octanol–water partition coefficient (Wildman–Crippen LogP) is 19.3. The highest BCUT2D eigenvalue weighted by atomic mass is 15.1. The summed E-state index contributed by atoms with van der Waals surface area (Å²) < 4.78 is 0. The third-order valence-corrected chi connectivity index (χ3v) is 16.6. The quantitative estimate of drug-likeness (QED) is 0.140. The normalized spacial score (nSPS) is 18.6. The fourth-order valence-electron chi connectivity index (χ4n) is 12.5. The van der Waals surface area contributed by atoms with Gasteiger partial charge >= 0.3 is 0 Å². The van der Waals surface area contributed by atoms with Gasteiger partial charge in [-0.1, -0.05) is 227 Å². The zero-order chi connectivity index (χ0) is 47.0. The molecule has 0 aliphatic heterocycles. The van der Waals surface area contributed by atoms with Crippen LogP contribution in [0.5, 0.6) is 0 Å². The van der Waals surface area contributed by atoms with Gasteiger partial charge in [-0.25, -0.2) is 0 Å². The summed E-state index contributed by atoms with van der Waals surface area (Å²) in [6.07, 6.45) is 16.1. The molecule has 0 spiro atoms. The van der Waals surface area contributed by atoms with Crippen molar-refractivity contribution in [1.82, 2.24) is 0 Å². The Balaban J connectivity index is 1.08. The highest BCUT2D eigenvalue weighted by molar-refractivity contribution is 5.89. The van der Waals surface area contributed by atoms with Crippen molar-refractivity contribution in [3.63, 3.8) is 0 Å². The van der Waals surface area contributed by atoms with Gasteiger partial charge in [-0.2, -0.15) is 0 Å². The van der Waals surface area contributed by atoms with Gasteiger partial charge in [0.05, 0.1) is 5.41 Å². The number of benzene rings is 7. The average molecular weight is 894 g/mol. The third kappa shape index (κ3) is 8.92. The standard InChI is InChI=1S/C67H75N/c1-8-47-16-14-20-49(21-15-17-47)50-24-26-51(27-25-50)53-30-42-59(43-31-53)68(58-40-28-52(29-41-58)48-18-10-9-11-19-48)60-44-45-62-61-22-12-13-23-63(61)67(64(62)46-60,56-36-32-54(33-37-56)65(2,3)4)57-38-34-55(35-39-57)66(5,6)7/h12-13,22-49H,8-11,14-21H2,1-7H3. The van der Waals surface area contributed by atoms with E-state index >= 15 is 0 Å². The number of hydrogen-bond acceptors (Lipinski definition) is 1. The summed E-state index contributed by atoms with van der Waals surface area (Å²) in [6.45, 7) is 16.3. The third-order valence-electron chi connectivity index (χ3n) is 16.6. The van der Waals surface area contributed by atoms with Gasteiger partial charge in [-0.05, 0) is 157 Å². The summed E-state index contributed by atoms with van der Waals surface area (Å²) in [5.74, 6) is 2.28. The first kappa shape index (κ1) is 46.1. The van der Waals surface area contributed by atoms with E-state index in [4.69, 9.17) is 0 Å². The van der Waals surface area contributed by atoms with Crippen LogP contribution in [0.1, 0.15) is 182 Å². The van der Waals surface area contributed by atoms with Gasteiger partial charge in [-0.15, -0.1) is 0 Å². The number of nitrogens with zero attached hydrogens (tertiary/aromatic N) is 1. The summed E-state index contributed by atoms with van der Waals surface area (Å²) in [4.78, 5) is 2.51. The van der Waals surface area contributed by atoms with Gasteiger partial charge in [0.25, 0.3) is 0 Å². The molecule has 0 unspecified atom stereocenters. The molecular formula is C67H75N. The number of fused-ring (bicyclic) bond motifs is 3. The first-order chi connectivity index (χ1) is 32.9. The molecule has 0 saturated heterocycles. The fourth-order valence-corrected chi connectivity index (χ4v) is 12.5. The number of rotatable bonds is 9. The molecule has 0 bridgehead atoms. The summed E-state index contributed by atoms with van der Waals surface area (Å²) in [6, 6.07) is 64.3. The maximum atomic E-state index is 2.53. The summed E-state index contributed by atoms with van der Waals surface area (Å²) in [5.41, 5.74) is 19.3. The highest BCUT2D eigenvalue weighted by Gasteiger charge is 2.46. The molecule has 7 aromatic carbocycles. The summed E-state index contributed by atoms with van der Waals surface area (Å²) in [5, 5.41) is 0. The molecule has 0 N–H and O–H groups in total. The Morgan fingerprint density at radius 3 is 1.38 bits per heavy atom. The molecule has 68 heavy (non-hydrogen) atoms. The van der Waals surface area contributed by atoms with Crippen LogP contribution in [0.2, 0.25) is 0 Å². The molecule has 3 aliphatic rings. The fraction of sp³-hybridized carbons (Fsp3) is 0.373. The van der Waals surface area contributed by atoms with E-state index in [2.05, 4.69) is 217 Å². The van der Waals surface area contributed by atoms with Crippen LogP contribution in [0.3, 0.4) is 0 Å². The molecule has 348 valence electrons. The van der Waals surface area contributed by atoms with E-state index in [0.717, 1.165) is 5.92 Å². The van der Waals surface area contributed by atoms with Crippen LogP contribution < -0.4 is 4.90 Å². The maximum absolute atomic E-state index is 2.53. The van der Waals surface area contributed by atoms with Gasteiger partial charge in [0.2, 0.25) is 0 Å². The molecule has 0 aromatic heterocycles. The van der Waals surface area contributed by atoms with Crippen molar-refractivity contribution in [3.05, 3.63) is 208 Å². The minimum atomic E-state index is -0.519. The summed E-state index contributed by atoms with van der Waals surface area (Å²) >= 11 is 0. The molecule has 7 aromatic rings. The lowest BCUT2D eigenvalue weighted by atomic mass is 9.67. The minimum Gasteiger partial charge on any atom is -0.310 e. The van der Waals surface area contributed by atoms with E-state index in [1.54, 1.807) is 0 Å². The van der Waals surface area contributed by atoms with E-state index in [9.17, 15) is 0 Å². The summed E-state index contributed by atoms with van der Waals surface area (Å²) in [7, 11) is 0. The molecule has 0 atom stereocenters. The highest BCUT2D eigenvalue weighted by Crippen LogP contribution is 2.58. The van der Waals surface area contributed by atoms with Crippen molar-refractivity contribution in [3.8, 4) is 22.3 Å². The van der Waals surface area contributed by atoms with Crippen LogP contribution in [0, 0.1) is 5.92 Å². The Bertz CT molecular complexity index is 2720. The van der Waals surface area contributed by atoms with Crippen LogP contribution >= 0.6 is 0 Å². The SMILES string of the molecule is CCC1CCCC(c2ccc(-c3ccc(N(c4ccc(C5CCCCC5)cc4)c4ccc5c(c4)C(c4ccc(C(C)(C)C)cc4)(c4ccc(C(C)(C)C)cc4)c4ccccc4-5)cc3)cc2)CCC1. The van der Waals surface area contributed by atoms with Gasteiger partial charge in [0.15, 0.2) is 0 Å². The zero-order valence-electron chi connectivity index (χ0n) is 42.3. The Morgan fingerprint density at radius 1 is 0.426 bits per heavy atom. The van der Waals surface area contributed by atoms with E-state index in [0.29, 0.717) is 11.8 Å². The second kappa shape index (κ2) is 19.0. The van der Waals surface area contributed by atoms with Crippen LogP contribution in [0.4, 0.5) is 17.1 Å². The van der Waals surface area contributed by atoms with Crippen LogP contribution in [0.25, 0.3) is 22.3 Å². The van der Waals surface area contributed by atoms with Crippen LogP contribution in [-0.2, 0) is 16.2 Å². The van der Waals surface area contributed by atoms with E-state index < -0.39 is 5.41 Å².